The van der Waals surface area contributed by atoms with Gasteiger partial charge in [0.1, 0.15) is 5.75 Å². The molecule has 136 valence electrons. The van der Waals surface area contributed by atoms with E-state index >= 15 is 0 Å². The molecule has 2 heterocycles. The van der Waals surface area contributed by atoms with Gasteiger partial charge in [-0.05, 0) is 37.3 Å². The van der Waals surface area contributed by atoms with E-state index in [9.17, 15) is 9.59 Å². The normalized spacial score (nSPS) is 13.1. The van der Waals surface area contributed by atoms with Crippen molar-refractivity contribution in [1.29, 1.82) is 0 Å². The fraction of sp³-hybridized carbons (Fsp3) is 0.150. The lowest BCUT2D eigenvalue weighted by Crippen LogP contribution is -2.35. The third-order valence-electron chi connectivity index (χ3n) is 4.38. The number of carbonyl (C=O) groups is 2. The molecule has 0 aliphatic carbocycles. The molecule has 2 aromatic carbocycles. The third-order valence-corrected chi connectivity index (χ3v) is 5.14. The van der Waals surface area contributed by atoms with Crippen LogP contribution in [-0.4, -0.2) is 30.5 Å². The fourth-order valence-corrected chi connectivity index (χ4v) is 3.48. The number of benzene rings is 2. The minimum atomic E-state index is -0.194. The monoisotopic (exact) mass is 379 g/mol. The standard InChI is InChI=1S/C20H17N3O3S/c1-12-3-5-13(6-4-12)19(25)22-20-21-15(11-27-20)14-7-8-17-16(9-14)23(2)18(24)10-26-17/h3-9,11H,10H2,1-2H3,(H,21,22,25). The summed E-state index contributed by atoms with van der Waals surface area (Å²) < 4.78 is 5.45. The van der Waals surface area contributed by atoms with E-state index in [0.29, 0.717) is 22.1 Å². The Kier molecular flexibility index (Phi) is 4.37. The average molecular weight is 379 g/mol. The van der Waals surface area contributed by atoms with E-state index in [0.717, 1.165) is 16.8 Å². The number of aryl methyl sites for hydroxylation is 1. The zero-order valence-electron chi connectivity index (χ0n) is 14.9. The van der Waals surface area contributed by atoms with Crippen LogP contribution in [0.3, 0.4) is 0 Å². The second kappa shape index (κ2) is 6.85. The zero-order valence-corrected chi connectivity index (χ0v) is 15.7. The van der Waals surface area contributed by atoms with E-state index in [1.165, 1.54) is 11.3 Å². The van der Waals surface area contributed by atoms with Crippen LogP contribution in [0.5, 0.6) is 5.75 Å². The number of fused-ring (bicyclic) bond motifs is 1. The highest BCUT2D eigenvalue weighted by molar-refractivity contribution is 7.14. The summed E-state index contributed by atoms with van der Waals surface area (Å²) in [6, 6.07) is 13.0. The summed E-state index contributed by atoms with van der Waals surface area (Å²) in [5.74, 6) is 0.382. The van der Waals surface area contributed by atoms with Crippen molar-refractivity contribution in [2.24, 2.45) is 0 Å². The highest BCUT2D eigenvalue weighted by atomic mass is 32.1. The molecule has 1 aliphatic rings. The van der Waals surface area contributed by atoms with Gasteiger partial charge in [-0.25, -0.2) is 4.98 Å². The molecule has 7 heteroatoms. The fourth-order valence-electron chi connectivity index (χ4n) is 2.77. The summed E-state index contributed by atoms with van der Waals surface area (Å²) >= 11 is 1.35. The second-order valence-corrected chi connectivity index (χ2v) is 7.14. The molecule has 27 heavy (non-hydrogen) atoms. The van der Waals surface area contributed by atoms with Gasteiger partial charge in [0.2, 0.25) is 0 Å². The van der Waals surface area contributed by atoms with Crippen LogP contribution < -0.4 is 15.0 Å². The van der Waals surface area contributed by atoms with Crippen molar-refractivity contribution in [3.8, 4) is 17.0 Å². The van der Waals surface area contributed by atoms with E-state index < -0.39 is 0 Å². The average Bonchev–Trinajstić information content (AvgIpc) is 3.13. The number of hydrogen-bond acceptors (Lipinski definition) is 5. The molecule has 1 N–H and O–H groups in total. The number of nitrogens with one attached hydrogen (secondary N) is 1. The zero-order chi connectivity index (χ0) is 19.0. The Morgan fingerprint density at radius 2 is 2.00 bits per heavy atom. The van der Waals surface area contributed by atoms with Gasteiger partial charge in [-0.2, -0.15) is 0 Å². The Morgan fingerprint density at radius 1 is 1.22 bits per heavy atom. The topological polar surface area (TPSA) is 71.5 Å². The molecular weight excluding hydrogens is 362 g/mol. The van der Waals surface area contributed by atoms with Crippen molar-refractivity contribution < 1.29 is 14.3 Å². The van der Waals surface area contributed by atoms with Gasteiger partial charge in [-0.15, -0.1) is 11.3 Å². The first kappa shape index (κ1) is 17.2. The third kappa shape index (κ3) is 3.41. The Bertz CT molecular complexity index is 1030. The Labute approximate surface area is 160 Å². The molecule has 3 aromatic rings. The SMILES string of the molecule is Cc1ccc(C(=O)Nc2nc(-c3ccc4c(c3)N(C)C(=O)CO4)cs2)cc1. The molecule has 0 unspecified atom stereocenters. The number of aromatic nitrogens is 1. The number of nitrogens with zero attached hydrogens (tertiary/aromatic N) is 2. The van der Waals surface area contributed by atoms with Crippen LogP contribution in [0.2, 0.25) is 0 Å². The molecule has 0 bridgehead atoms. The summed E-state index contributed by atoms with van der Waals surface area (Å²) in [6.07, 6.45) is 0. The summed E-state index contributed by atoms with van der Waals surface area (Å²) in [7, 11) is 1.72. The molecular formula is C20H17N3O3S. The molecule has 0 atom stereocenters. The van der Waals surface area contributed by atoms with Crippen molar-refractivity contribution in [1.82, 2.24) is 4.98 Å². The molecule has 2 amide bonds. The summed E-state index contributed by atoms with van der Waals surface area (Å²) in [6.45, 7) is 2.03. The molecule has 0 saturated heterocycles. The summed E-state index contributed by atoms with van der Waals surface area (Å²) in [5, 5.41) is 5.22. The maximum absolute atomic E-state index is 12.3. The first-order valence-corrected chi connectivity index (χ1v) is 9.26. The predicted octanol–water partition coefficient (Wildman–Crippen LogP) is 3.73. The Balaban J connectivity index is 1.55. The van der Waals surface area contributed by atoms with Crippen LogP contribution in [0.25, 0.3) is 11.3 Å². The van der Waals surface area contributed by atoms with Crippen molar-refractivity contribution in [3.63, 3.8) is 0 Å². The van der Waals surface area contributed by atoms with Crippen LogP contribution >= 0.6 is 11.3 Å². The van der Waals surface area contributed by atoms with E-state index in [2.05, 4.69) is 10.3 Å². The highest BCUT2D eigenvalue weighted by Crippen LogP contribution is 2.36. The smallest absolute Gasteiger partial charge is 0.264 e. The van der Waals surface area contributed by atoms with Crippen LogP contribution in [0.1, 0.15) is 15.9 Å². The predicted molar refractivity (Wildman–Crippen MR) is 106 cm³/mol. The quantitative estimate of drug-likeness (QED) is 0.753. The van der Waals surface area contributed by atoms with Gasteiger partial charge in [-0.1, -0.05) is 17.7 Å². The number of ether oxygens (including phenoxy) is 1. The lowest BCUT2D eigenvalue weighted by Gasteiger charge is -2.26. The molecule has 0 radical (unpaired) electrons. The molecule has 0 saturated carbocycles. The number of amides is 2. The molecule has 6 nitrogen and oxygen atoms in total. The summed E-state index contributed by atoms with van der Waals surface area (Å²) in [5.41, 5.74) is 3.98. The molecule has 1 aromatic heterocycles. The van der Waals surface area contributed by atoms with E-state index in [-0.39, 0.29) is 18.4 Å². The van der Waals surface area contributed by atoms with Crippen molar-refractivity contribution >= 4 is 34.0 Å². The number of thiazole rings is 1. The summed E-state index contributed by atoms with van der Waals surface area (Å²) in [4.78, 5) is 30.2. The van der Waals surface area contributed by atoms with Gasteiger partial charge in [0, 0.05) is 23.6 Å². The van der Waals surface area contributed by atoms with Crippen molar-refractivity contribution in [3.05, 3.63) is 59.0 Å². The first-order chi connectivity index (χ1) is 13.0. The number of anilines is 2. The number of hydrogen-bond donors (Lipinski definition) is 1. The van der Waals surface area contributed by atoms with Crippen LogP contribution in [0.4, 0.5) is 10.8 Å². The van der Waals surface area contributed by atoms with Gasteiger partial charge in [-0.3, -0.25) is 14.9 Å². The minimum Gasteiger partial charge on any atom is -0.482 e. The molecule has 0 fully saturated rings. The van der Waals surface area contributed by atoms with Gasteiger partial charge in [0.15, 0.2) is 11.7 Å². The van der Waals surface area contributed by atoms with Crippen LogP contribution in [-0.2, 0) is 4.79 Å². The van der Waals surface area contributed by atoms with Gasteiger partial charge < -0.3 is 9.64 Å². The Hall–Kier alpha value is -3.19. The Morgan fingerprint density at radius 3 is 2.78 bits per heavy atom. The van der Waals surface area contributed by atoms with Crippen molar-refractivity contribution in [2.45, 2.75) is 6.92 Å². The van der Waals surface area contributed by atoms with E-state index in [4.69, 9.17) is 4.74 Å². The highest BCUT2D eigenvalue weighted by Gasteiger charge is 2.23. The number of likely N-dealkylation sites (N-methyl/N-ethyl adjacent to an activating group) is 1. The maximum atomic E-state index is 12.3. The largest absolute Gasteiger partial charge is 0.482 e. The lowest BCUT2D eigenvalue weighted by molar-refractivity contribution is -0.120. The van der Waals surface area contributed by atoms with Gasteiger partial charge >= 0.3 is 0 Å². The van der Waals surface area contributed by atoms with Crippen LogP contribution in [0.15, 0.2) is 47.8 Å². The van der Waals surface area contributed by atoms with Gasteiger partial charge in [0.25, 0.3) is 11.8 Å². The molecule has 0 spiro atoms. The number of carbonyl (C=O) groups excluding carboxylic acids is 2. The van der Waals surface area contributed by atoms with Crippen LogP contribution in [0, 0.1) is 6.92 Å². The van der Waals surface area contributed by atoms with Gasteiger partial charge in [0.05, 0.1) is 11.4 Å². The minimum absolute atomic E-state index is 0.0503. The lowest BCUT2D eigenvalue weighted by atomic mass is 10.1. The van der Waals surface area contributed by atoms with E-state index in [1.54, 1.807) is 24.1 Å². The van der Waals surface area contributed by atoms with Crippen molar-refractivity contribution in [2.75, 3.05) is 23.9 Å². The maximum Gasteiger partial charge on any atom is 0.264 e. The molecule has 4 rings (SSSR count). The first-order valence-electron chi connectivity index (χ1n) is 8.38. The molecule has 1 aliphatic heterocycles. The second-order valence-electron chi connectivity index (χ2n) is 6.28. The number of rotatable bonds is 3. The van der Waals surface area contributed by atoms with E-state index in [1.807, 2.05) is 42.6 Å².